The predicted octanol–water partition coefficient (Wildman–Crippen LogP) is 7.77. The highest BCUT2D eigenvalue weighted by Crippen LogP contribution is 2.38. The number of hydrogen-bond donors (Lipinski definition) is 0. The second kappa shape index (κ2) is 20.6. The van der Waals surface area contributed by atoms with E-state index in [0.717, 1.165) is 32.1 Å². The molecule has 0 saturated heterocycles. The van der Waals surface area contributed by atoms with Gasteiger partial charge in [0.25, 0.3) is 0 Å². The van der Waals surface area contributed by atoms with E-state index < -0.39 is 16.8 Å². The Balaban J connectivity index is 3.95. The molecule has 0 amide bonds. The van der Waals surface area contributed by atoms with Gasteiger partial charge in [-0.3, -0.25) is 0 Å². The van der Waals surface area contributed by atoms with Gasteiger partial charge < -0.3 is 18.2 Å². The van der Waals surface area contributed by atoms with Gasteiger partial charge in [0.2, 0.25) is 0 Å². The Labute approximate surface area is 211 Å². The molecular formula is C25H52ClO5PSi. The minimum absolute atomic E-state index is 0.176. The maximum Gasteiger partial charge on any atom is 0.519 e. The average molecular weight is 527 g/mol. The highest BCUT2D eigenvalue weighted by Gasteiger charge is 2.48. The Morgan fingerprint density at radius 2 is 1.18 bits per heavy atom. The molecule has 0 aliphatic heterocycles. The molecule has 0 fully saturated rings. The average Bonchev–Trinajstić information content (AvgIpc) is 2.79. The van der Waals surface area contributed by atoms with Crippen molar-refractivity contribution in [2.45, 2.75) is 130 Å². The van der Waals surface area contributed by atoms with E-state index in [1.807, 2.05) is 20.8 Å². The minimum Gasteiger partial charge on any atom is -0.596 e. The molecule has 33 heavy (non-hydrogen) atoms. The first kappa shape index (κ1) is 33.4. The van der Waals surface area contributed by atoms with Crippen molar-refractivity contribution in [3.63, 3.8) is 0 Å². The van der Waals surface area contributed by atoms with Crippen LogP contribution in [0.5, 0.6) is 0 Å². The fourth-order valence-corrected chi connectivity index (χ4v) is 8.58. The Morgan fingerprint density at radius 3 is 1.58 bits per heavy atom. The van der Waals surface area contributed by atoms with E-state index in [0.29, 0.717) is 26.0 Å². The summed E-state index contributed by atoms with van der Waals surface area (Å²) in [7, 11) is -5.04. The van der Waals surface area contributed by atoms with Crippen LogP contribution in [-0.2, 0) is 17.8 Å². The molecular weight excluding hydrogens is 475 g/mol. The molecule has 0 aromatic carbocycles. The summed E-state index contributed by atoms with van der Waals surface area (Å²) >= 11 is 6.70. The Kier molecular flexibility index (Phi) is 20.9. The van der Waals surface area contributed by atoms with Crippen LogP contribution in [0.15, 0.2) is 0 Å². The molecule has 0 aromatic heterocycles. The second-order valence-corrected chi connectivity index (χ2v) is 13.9. The van der Waals surface area contributed by atoms with E-state index in [9.17, 15) is 9.46 Å². The van der Waals surface area contributed by atoms with Gasteiger partial charge in [-0.25, -0.2) is 0 Å². The molecule has 0 aliphatic rings. The van der Waals surface area contributed by atoms with Crippen LogP contribution in [0.4, 0.5) is 0 Å². The number of rotatable bonds is 24. The molecule has 0 saturated carbocycles. The molecule has 198 valence electrons. The molecule has 2 unspecified atom stereocenters. The van der Waals surface area contributed by atoms with Gasteiger partial charge in [-0.2, -0.15) is 0 Å². The van der Waals surface area contributed by atoms with Crippen LogP contribution in [0, 0.1) is 5.41 Å². The zero-order chi connectivity index (χ0) is 25.0. The third kappa shape index (κ3) is 14.6. The van der Waals surface area contributed by atoms with Crippen molar-refractivity contribution in [2.75, 3.05) is 26.0 Å². The van der Waals surface area contributed by atoms with E-state index in [1.54, 1.807) is 0 Å². The molecule has 0 radical (unpaired) electrons. The quantitative estimate of drug-likeness (QED) is 0.0556. The summed E-state index contributed by atoms with van der Waals surface area (Å²) < 4.78 is 28.7. The molecule has 5 nitrogen and oxygen atoms in total. The lowest BCUT2D eigenvalue weighted by molar-refractivity contribution is -0.164. The fourth-order valence-electron chi connectivity index (χ4n) is 4.65. The Morgan fingerprint density at radius 1 is 0.758 bits per heavy atom. The van der Waals surface area contributed by atoms with Gasteiger partial charge in [-0.05, 0) is 45.4 Å². The zero-order valence-corrected chi connectivity index (χ0v) is 24.8. The molecule has 0 heterocycles. The molecule has 8 heteroatoms. The van der Waals surface area contributed by atoms with Crippen molar-refractivity contribution < 1.29 is 22.7 Å². The Hall–Kier alpha value is 0.447. The summed E-state index contributed by atoms with van der Waals surface area (Å²) in [5, 5.41) is -0.176. The third-order valence-electron chi connectivity index (χ3n) is 6.91. The van der Waals surface area contributed by atoms with Crippen LogP contribution < -0.4 is 4.89 Å². The van der Waals surface area contributed by atoms with Gasteiger partial charge >= 0.3 is 16.8 Å². The summed E-state index contributed by atoms with van der Waals surface area (Å²) in [5.74, 6) is 0. The van der Waals surface area contributed by atoms with Crippen molar-refractivity contribution in [3.8, 4) is 0 Å². The number of halogens is 1. The second-order valence-electron chi connectivity index (χ2n) is 9.10. The van der Waals surface area contributed by atoms with Crippen LogP contribution in [0.25, 0.3) is 0 Å². The smallest absolute Gasteiger partial charge is 0.519 e. The van der Waals surface area contributed by atoms with Gasteiger partial charge in [0.1, 0.15) is 11.2 Å². The van der Waals surface area contributed by atoms with Gasteiger partial charge in [0, 0.05) is 19.8 Å². The third-order valence-corrected chi connectivity index (χ3v) is 11.6. The van der Waals surface area contributed by atoms with E-state index in [2.05, 4.69) is 13.8 Å². The first-order chi connectivity index (χ1) is 15.8. The number of unbranched alkanes of at least 4 members (excludes halogenated alkanes) is 8. The van der Waals surface area contributed by atoms with Crippen LogP contribution in [-0.4, -0.2) is 39.8 Å². The lowest BCUT2D eigenvalue weighted by Crippen LogP contribution is -2.54. The largest absolute Gasteiger partial charge is 0.596 e. The van der Waals surface area contributed by atoms with Crippen LogP contribution in [0.1, 0.15) is 125 Å². The summed E-state index contributed by atoms with van der Waals surface area (Å²) in [4.78, 5) is 11.0. The van der Waals surface area contributed by atoms with E-state index in [1.165, 1.54) is 57.8 Å². The SMILES string of the molecule is CCO[Si](OCC)(OCC)C(Cl)CCCCCCCCCCCC(CC)(CC)CC[P+](=O)[O-]. The summed E-state index contributed by atoms with van der Waals surface area (Å²) in [6.45, 7) is 12.0. The highest BCUT2D eigenvalue weighted by molar-refractivity contribution is 7.36. The number of alkyl halides is 1. The first-order valence-electron chi connectivity index (χ1n) is 13.5. The van der Waals surface area contributed by atoms with Crippen LogP contribution >= 0.6 is 19.6 Å². The lowest BCUT2D eigenvalue weighted by atomic mass is 9.75. The molecule has 0 bridgehead atoms. The van der Waals surface area contributed by atoms with Gasteiger partial charge in [0.15, 0.2) is 0 Å². The Bertz CT molecular complexity index is 463. The summed E-state index contributed by atoms with van der Waals surface area (Å²) in [6.07, 6.45) is 16.5. The van der Waals surface area contributed by atoms with Crippen LogP contribution in [0.2, 0.25) is 0 Å². The normalized spacial score (nSPS) is 14.0. The molecule has 0 aromatic rings. The van der Waals surface area contributed by atoms with Crippen molar-refractivity contribution >= 4 is 28.4 Å². The first-order valence-corrected chi connectivity index (χ1v) is 17.1. The maximum absolute atomic E-state index is 11.0. The predicted molar refractivity (Wildman–Crippen MR) is 141 cm³/mol. The topological polar surface area (TPSA) is 67.8 Å². The standard InChI is InChI=1S/C25H52ClO5PSi/c1-6-25(7-2,22-23-32(27)28)21-19-17-15-13-11-12-14-16-18-20-24(26)33(29-8-3,30-9-4)31-10-5/h24H,6-23H2,1-5H3. The van der Waals surface area contributed by atoms with Gasteiger partial charge in [-0.1, -0.05) is 89.0 Å². The minimum atomic E-state index is -2.79. The van der Waals surface area contributed by atoms with Crippen molar-refractivity contribution in [3.05, 3.63) is 0 Å². The summed E-state index contributed by atoms with van der Waals surface area (Å²) in [5.41, 5.74) is 0.225. The number of hydrogen-bond acceptors (Lipinski definition) is 5. The van der Waals surface area contributed by atoms with Crippen molar-refractivity contribution in [2.24, 2.45) is 5.41 Å². The maximum atomic E-state index is 11.0. The lowest BCUT2D eigenvalue weighted by Gasteiger charge is -2.32. The fraction of sp³-hybridized carbons (Fsp3) is 1.00. The van der Waals surface area contributed by atoms with Gasteiger partial charge in [0.05, 0.1) is 0 Å². The van der Waals surface area contributed by atoms with Gasteiger partial charge in [-0.15, -0.1) is 11.6 Å². The van der Waals surface area contributed by atoms with E-state index in [-0.39, 0.29) is 10.4 Å². The van der Waals surface area contributed by atoms with E-state index in [4.69, 9.17) is 24.9 Å². The molecule has 0 spiro atoms. The summed E-state index contributed by atoms with van der Waals surface area (Å²) in [6, 6.07) is 0. The van der Waals surface area contributed by atoms with Crippen molar-refractivity contribution in [1.29, 1.82) is 0 Å². The van der Waals surface area contributed by atoms with Crippen molar-refractivity contribution in [1.82, 2.24) is 0 Å². The molecule has 0 aliphatic carbocycles. The molecule has 0 rings (SSSR count). The van der Waals surface area contributed by atoms with E-state index >= 15 is 0 Å². The zero-order valence-electron chi connectivity index (χ0n) is 22.2. The molecule has 2 atom stereocenters. The van der Waals surface area contributed by atoms with Crippen LogP contribution in [0.3, 0.4) is 0 Å². The monoisotopic (exact) mass is 526 g/mol. The highest BCUT2D eigenvalue weighted by atomic mass is 35.5. The molecule has 0 N–H and O–H groups in total.